The highest BCUT2D eigenvalue weighted by Crippen LogP contribution is 2.14. The quantitative estimate of drug-likeness (QED) is 0.493. The number of carbonyl (C=O) groups excluding carboxylic acids is 1. The standard InChI is InChI=1S/C17H31NO3.BrH/c1-7-17(20,13-18(5)6)16(19)21-12-11-15(4)10-8-9-14(2)3;/h9,11,20H,7-8,10,12-13H2,1-6H3;1H/b15-11+;. The Balaban J connectivity index is 0. The molecule has 0 aliphatic heterocycles. The fourth-order valence-corrected chi connectivity index (χ4v) is 1.93. The zero-order valence-corrected chi connectivity index (χ0v) is 16.5. The molecule has 0 aromatic rings. The van der Waals surface area contributed by atoms with Crippen LogP contribution >= 0.6 is 17.0 Å². The summed E-state index contributed by atoms with van der Waals surface area (Å²) in [6.07, 6.45) is 6.39. The first-order valence-corrected chi connectivity index (χ1v) is 7.54. The first-order valence-electron chi connectivity index (χ1n) is 7.54. The van der Waals surface area contributed by atoms with Crippen molar-refractivity contribution in [1.29, 1.82) is 0 Å². The molecule has 130 valence electrons. The maximum Gasteiger partial charge on any atom is 0.339 e. The Labute approximate surface area is 146 Å². The van der Waals surface area contributed by atoms with Crippen LogP contribution in [-0.2, 0) is 9.53 Å². The molecule has 0 saturated carbocycles. The minimum Gasteiger partial charge on any atom is -0.459 e. The second-order valence-corrected chi connectivity index (χ2v) is 6.09. The molecule has 0 heterocycles. The predicted molar refractivity (Wildman–Crippen MR) is 97.5 cm³/mol. The van der Waals surface area contributed by atoms with Gasteiger partial charge in [0.05, 0.1) is 0 Å². The van der Waals surface area contributed by atoms with Crippen LogP contribution in [0, 0.1) is 0 Å². The molecule has 1 N–H and O–H groups in total. The van der Waals surface area contributed by atoms with Gasteiger partial charge in [-0.3, -0.25) is 0 Å². The number of rotatable bonds is 9. The van der Waals surface area contributed by atoms with E-state index in [2.05, 4.69) is 19.9 Å². The van der Waals surface area contributed by atoms with Crippen LogP contribution in [0.15, 0.2) is 23.3 Å². The highest BCUT2D eigenvalue weighted by molar-refractivity contribution is 8.93. The summed E-state index contributed by atoms with van der Waals surface area (Å²) >= 11 is 0. The van der Waals surface area contributed by atoms with Gasteiger partial charge in [-0.15, -0.1) is 17.0 Å². The topological polar surface area (TPSA) is 49.8 Å². The number of halogens is 1. The lowest BCUT2D eigenvalue weighted by Crippen LogP contribution is -2.47. The highest BCUT2D eigenvalue weighted by Gasteiger charge is 2.36. The van der Waals surface area contributed by atoms with Crippen LogP contribution in [0.5, 0.6) is 0 Å². The zero-order chi connectivity index (χ0) is 16.5. The molecule has 22 heavy (non-hydrogen) atoms. The molecule has 0 spiro atoms. The Morgan fingerprint density at radius 2 is 1.82 bits per heavy atom. The van der Waals surface area contributed by atoms with Crippen LogP contribution in [0.2, 0.25) is 0 Å². The molecule has 0 radical (unpaired) electrons. The number of nitrogens with zero attached hydrogens (tertiary/aromatic N) is 1. The molecule has 4 nitrogen and oxygen atoms in total. The van der Waals surface area contributed by atoms with Crippen molar-refractivity contribution in [2.24, 2.45) is 0 Å². The van der Waals surface area contributed by atoms with E-state index >= 15 is 0 Å². The summed E-state index contributed by atoms with van der Waals surface area (Å²) in [4.78, 5) is 13.8. The number of aliphatic hydroxyl groups is 1. The van der Waals surface area contributed by atoms with Gasteiger partial charge in [-0.25, -0.2) is 4.79 Å². The summed E-state index contributed by atoms with van der Waals surface area (Å²) in [6.45, 7) is 8.46. The van der Waals surface area contributed by atoms with E-state index in [1.54, 1.807) is 11.8 Å². The summed E-state index contributed by atoms with van der Waals surface area (Å²) in [6, 6.07) is 0. The molecule has 0 aromatic carbocycles. The maximum atomic E-state index is 12.0. The lowest BCUT2D eigenvalue weighted by atomic mass is 10.0. The van der Waals surface area contributed by atoms with Crippen molar-refractivity contribution in [1.82, 2.24) is 4.90 Å². The first-order chi connectivity index (χ1) is 9.71. The Morgan fingerprint density at radius 1 is 1.23 bits per heavy atom. The molecular weight excluding hydrogens is 346 g/mol. The van der Waals surface area contributed by atoms with Crippen LogP contribution in [-0.4, -0.2) is 48.8 Å². The van der Waals surface area contributed by atoms with E-state index in [0.717, 1.165) is 12.8 Å². The lowest BCUT2D eigenvalue weighted by Gasteiger charge is -2.27. The van der Waals surface area contributed by atoms with Gasteiger partial charge in [0, 0.05) is 6.54 Å². The van der Waals surface area contributed by atoms with Gasteiger partial charge in [0.2, 0.25) is 0 Å². The molecule has 1 unspecified atom stereocenters. The van der Waals surface area contributed by atoms with E-state index in [1.165, 1.54) is 11.1 Å². The van der Waals surface area contributed by atoms with Gasteiger partial charge in [-0.2, -0.15) is 0 Å². The summed E-state index contributed by atoms with van der Waals surface area (Å²) in [5.41, 5.74) is 1.08. The fraction of sp³-hybridized carbons (Fsp3) is 0.706. The van der Waals surface area contributed by atoms with Gasteiger partial charge in [-0.1, -0.05) is 24.1 Å². The third-order valence-corrected chi connectivity index (χ3v) is 3.28. The minimum absolute atomic E-state index is 0. The molecular formula is C17H32BrNO3. The molecule has 0 bridgehead atoms. The molecule has 0 saturated heterocycles. The van der Waals surface area contributed by atoms with Gasteiger partial charge < -0.3 is 14.7 Å². The fourth-order valence-electron chi connectivity index (χ4n) is 1.93. The Morgan fingerprint density at radius 3 is 2.27 bits per heavy atom. The van der Waals surface area contributed by atoms with Crippen molar-refractivity contribution >= 4 is 23.0 Å². The highest BCUT2D eigenvalue weighted by atomic mass is 79.9. The van der Waals surface area contributed by atoms with Crippen molar-refractivity contribution in [3.8, 4) is 0 Å². The second-order valence-electron chi connectivity index (χ2n) is 6.09. The third kappa shape index (κ3) is 10.1. The number of allylic oxidation sites excluding steroid dienone is 3. The van der Waals surface area contributed by atoms with Crippen molar-refractivity contribution in [2.75, 3.05) is 27.2 Å². The number of esters is 1. The first kappa shape index (κ1) is 23.6. The van der Waals surface area contributed by atoms with E-state index in [1.807, 2.05) is 27.1 Å². The van der Waals surface area contributed by atoms with E-state index < -0.39 is 11.6 Å². The average molecular weight is 378 g/mol. The Hall–Kier alpha value is -0.650. The number of hydrogen-bond acceptors (Lipinski definition) is 4. The Kier molecular flexibility index (Phi) is 12.7. The van der Waals surface area contributed by atoms with E-state index in [9.17, 15) is 9.90 Å². The molecule has 0 amide bonds. The van der Waals surface area contributed by atoms with Crippen molar-refractivity contribution in [2.45, 2.75) is 52.6 Å². The summed E-state index contributed by atoms with van der Waals surface area (Å²) in [7, 11) is 3.64. The normalized spacial score (nSPS) is 14.1. The molecule has 0 aliphatic carbocycles. The van der Waals surface area contributed by atoms with Crippen LogP contribution in [0.3, 0.4) is 0 Å². The largest absolute Gasteiger partial charge is 0.459 e. The van der Waals surface area contributed by atoms with Gasteiger partial charge >= 0.3 is 5.97 Å². The van der Waals surface area contributed by atoms with Crippen molar-refractivity contribution < 1.29 is 14.6 Å². The monoisotopic (exact) mass is 377 g/mol. The molecule has 0 aliphatic rings. The molecule has 0 rings (SSSR count). The average Bonchev–Trinajstić information content (AvgIpc) is 2.37. The number of hydrogen-bond donors (Lipinski definition) is 1. The van der Waals surface area contributed by atoms with Gasteiger partial charge in [0.1, 0.15) is 6.61 Å². The summed E-state index contributed by atoms with van der Waals surface area (Å²) in [5.74, 6) is -0.549. The minimum atomic E-state index is -1.42. The predicted octanol–water partition coefficient (Wildman–Crippen LogP) is 3.50. The van der Waals surface area contributed by atoms with E-state index in [4.69, 9.17) is 4.74 Å². The van der Waals surface area contributed by atoms with Crippen LogP contribution in [0.1, 0.15) is 47.0 Å². The zero-order valence-electron chi connectivity index (χ0n) is 14.8. The van der Waals surface area contributed by atoms with E-state index in [0.29, 0.717) is 6.42 Å². The smallest absolute Gasteiger partial charge is 0.339 e. The number of likely N-dealkylation sites (N-methyl/N-ethyl adjacent to an activating group) is 1. The number of ether oxygens (including phenoxy) is 1. The Bertz CT molecular complexity index is 387. The molecule has 0 fully saturated rings. The maximum absolute atomic E-state index is 12.0. The van der Waals surface area contributed by atoms with Crippen molar-refractivity contribution in [3.63, 3.8) is 0 Å². The number of carbonyl (C=O) groups is 1. The van der Waals surface area contributed by atoms with Crippen LogP contribution in [0.25, 0.3) is 0 Å². The molecule has 1 atom stereocenters. The van der Waals surface area contributed by atoms with Crippen LogP contribution < -0.4 is 0 Å². The third-order valence-electron chi connectivity index (χ3n) is 3.28. The SMILES string of the molecule is Br.CCC(O)(CN(C)C)C(=O)OC/C=C(\C)CCC=C(C)C. The molecule has 5 heteroatoms. The van der Waals surface area contributed by atoms with Gasteiger partial charge in [-0.05, 0) is 60.2 Å². The van der Waals surface area contributed by atoms with E-state index in [-0.39, 0.29) is 30.1 Å². The lowest BCUT2D eigenvalue weighted by molar-refractivity contribution is -0.166. The van der Waals surface area contributed by atoms with Gasteiger partial charge in [0.25, 0.3) is 0 Å². The summed E-state index contributed by atoms with van der Waals surface area (Å²) in [5, 5.41) is 10.3. The van der Waals surface area contributed by atoms with Crippen LogP contribution in [0.4, 0.5) is 0 Å². The summed E-state index contributed by atoms with van der Waals surface area (Å²) < 4.78 is 5.19. The second kappa shape index (κ2) is 11.9. The van der Waals surface area contributed by atoms with Gasteiger partial charge in [0.15, 0.2) is 5.60 Å². The molecule has 0 aromatic heterocycles. The van der Waals surface area contributed by atoms with Crippen molar-refractivity contribution in [3.05, 3.63) is 23.3 Å².